The summed E-state index contributed by atoms with van der Waals surface area (Å²) in [4.78, 5) is 61.9. The Balaban J connectivity index is 1.30. The van der Waals surface area contributed by atoms with Crippen molar-refractivity contribution in [2.45, 2.75) is 36.4 Å². The first kappa shape index (κ1) is 30.9. The van der Waals surface area contributed by atoms with E-state index in [0.29, 0.717) is 21.8 Å². The summed E-state index contributed by atoms with van der Waals surface area (Å²) in [6.45, 7) is 2.39. The van der Waals surface area contributed by atoms with Crippen LogP contribution in [0.25, 0.3) is 0 Å². The summed E-state index contributed by atoms with van der Waals surface area (Å²) >= 11 is 3.84. The van der Waals surface area contributed by atoms with E-state index >= 15 is 0 Å². The van der Waals surface area contributed by atoms with Crippen molar-refractivity contribution in [1.82, 2.24) is 19.9 Å². The van der Waals surface area contributed by atoms with Gasteiger partial charge >= 0.3 is 5.97 Å². The summed E-state index contributed by atoms with van der Waals surface area (Å²) in [5, 5.41) is 36.7. The van der Waals surface area contributed by atoms with E-state index in [1.165, 1.54) is 33.8 Å². The van der Waals surface area contributed by atoms with Crippen molar-refractivity contribution >= 4 is 63.5 Å². The zero-order chi connectivity index (χ0) is 31.5. The Morgan fingerprint density at radius 2 is 2.07 bits per heavy atom. The van der Waals surface area contributed by atoms with Crippen LogP contribution >= 0.6 is 34.9 Å². The number of nitrogen functional groups attached to an aromatic ring is 1. The average molecular weight is 661 g/mol. The van der Waals surface area contributed by atoms with E-state index in [9.17, 15) is 34.6 Å². The zero-order valence-electron chi connectivity index (χ0n) is 22.9. The maximum absolute atomic E-state index is 13.3. The van der Waals surface area contributed by atoms with Crippen molar-refractivity contribution in [2.24, 2.45) is 5.16 Å². The van der Waals surface area contributed by atoms with Crippen molar-refractivity contribution in [3.8, 4) is 5.75 Å². The van der Waals surface area contributed by atoms with Crippen LogP contribution in [0, 0.1) is 0 Å². The van der Waals surface area contributed by atoms with E-state index in [0.717, 1.165) is 35.0 Å². The lowest BCUT2D eigenvalue weighted by molar-refractivity contribution is -0.693. The summed E-state index contributed by atoms with van der Waals surface area (Å²) < 4.78 is 2.48. The fraction of sp³-hybridized carbons (Fsp3) is 0.269. The summed E-state index contributed by atoms with van der Waals surface area (Å²) in [6.07, 6.45) is 4.66. The maximum Gasteiger partial charge on any atom is 0.352 e. The number of hydrogen-bond acceptors (Lipinski definition) is 13. The monoisotopic (exact) mass is 660 g/mol. The van der Waals surface area contributed by atoms with Gasteiger partial charge in [-0.05, 0) is 12.5 Å². The number of carbonyl (C=O) groups is 3. The molecule has 2 atom stereocenters. The summed E-state index contributed by atoms with van der Waals surface area (Å²) in [7, 11) is 0. The average Bonchev–Trinajstić information content (AvgIpc) is 3.44. The third-order valence-electron chi connectivity index (χ3n) is 6.61. The molecule has 2 aliphatic heterocycles. The Labute approximate surface area is 261 Å². The molecule has 0 radical (unpaired) electrons. The number of aryl methyl sites for hydroxylation is 1. The van der Waals surface area contributed by atoms with E-state index in [1.807, 2.05) is 36.0 Å². The lowest BCUT2D eigenvalue weighted by atomic mass is 10.0. The molecule has 6 N–H and O–H groups in total. The number of nitrogens with zero attached hydrogens (tertiary/aromatic N) is 5. The molecule has 18 heteroatoms. The summed E-state index contributed by atoms with van der Waals surface area (Å²) in [6, 6.07) is 3.77. The lowest BCUT2D eigenvalue weighted by Gasteiger charge is -2.49. The number of rotatable bonds is 11. The molecule has 15 nitrogen and oxygen atoms in total. The number of nitrogens with two attached hydrogens (primary N) is 1. The van der Waals surface area contributed by atoms with Crippen molar-refractivity contribution < 1.29 is 39.2 Å². The van der Waals surface area contributed by atoms with Crippen LogP contribution < -0.4 is 21.0 Å². The van der Waals surface area contributed by atoms with Gasteiger partial charge in [-0.3, -0.25) is 19.3 Å². The molecule has 2 amide bonds. The quantitative estimate of drug-likeness (QED) is 0.0477. The first-order valence-corrected chi connectivity index (χ1v) is 15.9. The van der Waals surface area contributed by atoms with Gasteiger partial charge in [-0.1, -0.05) is 5.16 Å². The highest BCUT2D eigenvalue weighted by Gasteiger charge is 2.54. The Kier molecular flexibility index (Phi) is 9.12. The SMILES string of the molecule is CC[n+]1ccc(SCC2=C(C(=O)O)N3C(=O)[C@@H](NC(=O)/C(=N\OCc4cc(=O)c(O)cn4O)c4csc(N)n4)[C@H]3SC2)cc1. The Morgan fingerprint density at radius 1 is 1.32 bits per heavy atom. The highest BCUT2D eigenvalue weighted by atomic mass is 32.2. The fourth-order valence-electron chi connectivity index (χ4n) is 4.35. The van der Waals surface area contributed by atoms with Crippen molar-refractivity contribution in [2.75, 3.05) is 17.2 Å². The summed E-state index contributed by atoms with van der Waals surface area (Å²) in [5.41, 5.74) is 5.10. The summed E-state index contributed by atoms with van der Waals surface area (Å²) in [5.74, 6) is -2.61. The molecule has 5 heterocycles. The van der Waals surface area contributed by atoms with Gasteiger partial charge in [-0.15, -0.1) is 34.9 Å². The van der Waals surface area contributed by atoms with Crippen LogP contribution in [0.4, 0.5) is 5.13 Å². The predicted octanol–water partition coefficient (Wildman–Crippen LogP) is 0.589. The molecule has 0 saturated carbocycles. The molecule has 2 aliphatic rings. The smallest absolute Gasteiger partial charge is 0.352 e. The van der Waals surface area contributed by atoms with Crippen molar-refractivity contribution in [3.63, 3.8) is 0 Å². The molecule has 1 saturated heterocycles. The minimum atomic E-state index is -1.23. The molecule has 0 bridgehead atoms. The van der Waals surface area contributed by atoms with Crippen LogP contribution in [0.15, 0.2) is 68.3 Å². The molecule has 0 aliphatic carbocycles. The number of fused-ring (bicyclic) bond motifs is 1. The predicted molar refractivity (Wildman–Crippen MR) is 160 cm³/mol. The second kappa shape index (κ2) is 13.0. The zero-order valence-corrected chi connectivity index (χ0v) is 25.4. The number of carbonyl (C=O) groups excluding carboxylic acids is 2. The van der Waals surface area contributed by atoms with Gasteiger partial charge in [0.1, 0.15) is 35.0 Å². The highest BCUT2D eigenvalue weighted by molar-refractivity contribution is 8.01. The molecular weight excluding hydrogens is 635 g/mol. The van der Waals surface area contributed by atoms with Gasteiger partial charge in [0.15, 0.2) is 35.6 Å². The van der Waals surface area contributed by atoms with Gasteiger partial charge in [0.25, 0.3) is 11.8 Å². The first-order chi connectivity index (χ1) is 21.1. The number of amides is 2. The third-order valence-corrected chi connectivity index (χ3v) is 9.72. The maximum atomic E-state index is 13.3. The Bertz CT molecular complexity index is 1740. The number of carboxylic acids is 1. The molecule has 44 heavy (non-hydrogen) atoms. The first-order valence-electron chi connectivity index (χ1n) is 12.9. The number of hydrogen-bond donors (Lipinski definition) is 5. The number of pyridine rings is 2. The lowest BCUT2D eigenvalue weighted by Crippen LogP contribution is -2.71. The molecule has 1 fully saturated rings. The number of oxime groups is 1. The number of thioether (sulfide) groups is 2. The van der Waals surface area contributed by atoms with E-state index in [1.54, 1.807) is 0 Å². The van der Waals surface area contributed by atoms with E-state index in [-0.39, 0.29) is 27.9 Å². The van der Waals surface area contributed by atoms with Crippen LogP contribution in [0.2, 0.25) is 0 Å². The third kappa shape index (κ3) is 6.36. The molecule has 5 rings (SSSR count). The van der Waals surface area contributed by atoms with Gasteiger partial charge in [0.05, 0.1) is 6.20 Å². The second-order valence-corrected chi connectivity index (χ2v) is 12.5. The molecule has 3 aromatic heterocycles. The topological polar surface area (TPSA) is 214 Å². The standard InChI is InChI=1S/C26H25N7O8S3/c1-2-31-5-3-15(4-6-31)42-10-13-11-43-24-20(23(37)33(24)21(13)25(38)39)29-22(36)19(16-12-44-26(27)28-16)30-41-9-14-7-17(34)18(35)8-32(14)40/h3-8,12,20,24,40H,2,9-11H2,1H3,(H4-,27,28,29,35,36,38,39)/p+1/b30-19-/t20-,24-/m1/s1. The number of aromatic nitrogens is 3. The number of β-lactam (4-membered cyclic amide) rings is 1. The number of thiazole rings is 1. The van der Waals surface area contributed by atoms with Gasteiger partial charge in [-0.25, -0.2) is 14.3 Å². The van der Waals surface area contributed by atoms with Crippen LogP contribution in [-0.2, 0) is 32.4 Å². The largest absolute Gasteiger partial charge is 0.503 e. The fourth-order valence-corrected chi connectivity index (χ4v) is 7.27. The molecular formula is C26H26N7O8S3+. The highest BCUT2D eigenvalue weighted by Crippen LogP contribution is 2.41. The van der Waals surface area contributed by atoms with E-state index in [4.69, 9.17) is 10.6 Å². The van der Waals surface area contributed by atoms with Gasteiger partial charge in [-0.2, -0.15) is 4.73 Å². The minimum Gasteiger partial charge on any atom is -0.503 e. The number of anilines is 1. The second-order valence-electron chi connectivity index (χ2n) is 9.41. The van der Waals surface area contributed by atoms with Crippen molar-refractivity contribution in [3.05, 3.63) is 75.1 Å². The molecule has 0 unspecified atom stereocenters. The molecule has 0 spiro atoms. The van der Waals surface area contributed by atoms with E-state index in [2.05, 4.69) is 15.5 Å². The van der Waals surface area contributed by atoms with Gasteiger partial charge in [0.2, 0.25) is 5.43 Å². The number of carboxylic acid groups (broad SMARTS) is 1. The minimum absolute atomic E-state index is 0.0489. The van der Waals surface area contributed by atoms with Crippen LogP contribution in [0.5, 0.6) is 5.75 Å². The molecule has 0 aromatic carbocycles. The number of aromatic hydroxyl groups is 1. The number of nitrogens with one attached hydrogen (secondary N) is 1. The molecule has 3 aromatic rings. The Hall–Kier alpha value is -4.55. The van der Waals surface area contributed by atoms with Crippen LogP contribution in [0.1, 0.15) is 18.3 Å². The number of aliphatic carboxylic acids is 1. The molecule has 230 valence electrons. The van der Waals surface area contributed by atoms with Gasteiger partial charge < -0.3 is 31.3 Å². The van der Waals surface area contributed by atoms with Crippen LogP contribution in [0.3, 0.4) is 0 Å². The van der Waals surface area contributed by atoms with Gasteiger partial charge in [0, 0.05) is 40.0 Å². The van der Waals surface area contributed by atoms with Crippen molar-refractivity contribution in [1.29, 1.82) is 0 Å². The van der Waals surface area contributed by atoms with Crippen LogP contribution in [-0.4, -0.2) is 76.5 Å². The Morgan fingerprint density at radius 3 is 2.73 bits per heavy atom. The normalized spacial score (nSPS) is 18.1. The van der Waals surface area contributed by atoms with E-state index < -0.39 is 47.0 Å².